The van der Waals surface area contributed by atoms with E-state index in [1.54, 1.807) is 6.07 Å². The van der Waals surface area contributed by atoms with Gasteiger partial charge in [-0.25, -0.2) is 4.39 Å². The van der Waals surface area contributed by atoms with Gasteiger partial charge in [-0.15, -0.1) is 0 Å². The van der Waals surface area contributed by atoms with Crippen molar-refractivity contribution in [1.29, 1.82) is 0 Å². The van der Waals surface area contributed by atoms with Gasteiger partial charge in [0.05, 0.1) is 11.2 Å². The van der Waals surface area contributed by atoms with Crippen molar-refractivity contribution in [1.82, 2.24) is 4.90 Å². The molecular weight excluding hydrogens is 255 g/mol. The van der Waals surface area contributed by atoms with Gasteiger partial charge < -0.3 is 10.5 Å². The van der Waals surface area contributed by atoms with Gasteiger partial charge in [0.15, 0.2) is 0 Å². The Labute approximate surface area is 120 Å². The number of hydrogen-bond donors (Lipinski definition) is 1. The van der Waals surface area contributed by atoms with Crippen molar-refractivity contribution >= 4 is 0 Å². The third kappa shape index (κ3) is 3.78. The Hall–Kier alpha value is -0.970. The van der Waals surface area contributed by atoms with Crippen LogP contribution in [0.15, 0.2) is 18.2 Å². The van der Waals surface area contributed by atoms with E-state index in [1.807, 2.05) is 6.07 Å². The number of halogens is 1. The standard InChI is InChI=1S/C16H25FN2O/c1-15(2)10-19(11-16(3,4)20-15)9-13-7-12(8-18)5-6-14(13)17/h5-7H,8-11,18H2,1-4H3. The molecule has 1 aromatic rings. The average Bonchev–Trinajstić information content (AvgIpc) is 2.28. The first kappa shape index (κ1) is 15.4. The highest BCUT2D eigenvalue weighted by atomic mass is 19.1. The van der Waals surface area contributed by atoms with Gasteiger partial charge in [-0.2, -0.15) is 0 Å². The molecule has 2 rings (SSSR count). The highest BCUT2D eigenvalue weighted by Crippen LogP contribution is 2.29. The molecule has 0 saturated carbocycles. The van der Waals surface area contributed by atoms with E-state index in [9.17, 15) is 4.39 Å². The number of ether oxygens (including phenoxy) is 1. The van der Waals surface area contributed by atoms with E-state index in [2.05, 4.69) is 32.6 Å². The van der Waals surface area contributed by atoms with Gasteiger partial charge >= 0.3 is 0 Å². The molecule has 0 amide bonds. The molecule has 1 aromatic carbocycles. The first-order valence-electron chi connectivity index (χ1n) is 7.11. The summed E-state index contributed by atoms with van der Waals surface area (Å²) in [4.78, 5) is 2.25. The molecule has 1 aliphatic rings. The first-order valence-corrected chi connectivity index (χ1v) is 7.11. The van der Waals surface area contributed by atoms with Crippen LogP contribution in [0.2, 0.25) is 0 Å². The summed E-state index contributed by atoms with van der Waals surface area (Å²) in [6.07, 6.45) is 0. The fourth-order valence-corrected chi connectivity index (χ4v) is 3.17. The predicted octanol–water partition coefficient (Wildman–Crippen LogP) is 2.67. The molecule has 0 aliphatic carbocycles. The third-order valence-electron chi connectivity index (χ3n) is 3.50. The Kier molecular flexibility index (Phi) is 4.19. The van der Waals surface area contributed by atoms with Crippen LogP contribution in [0.5, 0.6) is 0 Å². The number of benzene rings is 1. The molecule has 20 heavy (non-hydrogen) atoms. The lowest BCUT2D eigenvalue weighted by atomic mass is 9.98. The first-order chi connectivity index (χ1) is 9.21. The second-order valence-corrected chi connectivity index (χ2v) is 6.90. The lowest BCUT2D eigenvalue weighted by molar-refractivity contribution is -0.182. The van der Waals surface area contributed by atoms with Gasteiger partial charge in [0.25, 0.3) is 0 Å². The van der Waals surface area contributed by atoms with Gasteiger partial charge in [-0.05, 0) is 39.3 Å². The van der Waals surface area contributed by atoms with E-state index in [-0.39, 0.29) is 17.0 Å². The number of rotatable bonds is 3. The van der Waals surface area contributed by atoms with Gasteiger partial charge in [0.2, 0.25) is 0 Å². The normalized spacial score (nSPS) is 21.9. The molecule has 2 N–H and O–H groups in total. The molecule has 1 fully saturated rings. The molecule has 4 heteroatoms. The van der Waals surface area contributed by atoms with Crippen LogP contribution in [0.1, 0.15) is 38.8 Å². The molecule has 1 saturated heterocycles. The second-order valence-electron chi connectivity index (χ2n) is 6.90. The fourth-order valence-electron chi connectivity index (χ4n) is 3.17. The summed E-state index contributed by atoms with van der Waals surface area (Å²) in [5, 5.41) is 0. The smallest absolute Gasteiger partial charge is 0.127 e. The van der Waals surface area contributed by atoms with Gasteiger partial charge in [0, 0.05) is 31.7 Å². The van der Waals surface area contributed by atoms with Crippen LogP contribution in [0.4, 0.5) is 4.39 Å². The monoisotopic (exact) mass is 280 g/mol. The maximum absolute atomic E-state index is 13.9. The molecule has 0 unspecified atom stereocenters. The van der Waals surface area contributed by atoms with Gasteiger partial charge in [-0.1, -0.05) is 12.1 Å². The molecular formula is C16H25FN2O. The average molecular weight is 280 g/mol. The maximum Gasteiger partial charge on any atom is 0.127 e. The Morgan fingerprint density at radius 3 is 2.35 bits per heavy atom. The quantitative estimate of drug-likeness (QED) is 0.925. The van der Waals surface area contributed by atoms with Crippen molar-refractivity contribution in [3.05, 3.63) is 35.1 Å². The number of nitrogens with zero attached hydrogens (tertiary/aromatic N) is 1. The van der Waals surface area contributed by atoms with Crippen molar-refractivity contribution in [2.24, 2.45) is 5.73 Å². The van der Waals surface area contributed by atoms with Crippen LogP contribution in [0, 0.1) is 5.82 Å². The van der Waals surface area contributed by atoms with E-state index in [0.29, 0.717) is 18.7 Å². The number of hydrogen-bond acceptors (Lipinski definition) is 3. The second kappa shape index (κ2) is 5.43. The summed E-state index contributed by atoms with van der Waals surface area (Å²) in [6, 6.07) is 5.12. The van der Waals surface area contributed by atoms with Gasteiger partial charge in [-0.3, -0.25) is 4.90 Å². The lowest BCUT2D eigenvalue weighted by Crippen LogP contribution is -2.56. The van der Waals surface area contributed by atoms with E-state index in [4.69, 9.17) is 10.5 Å². The minimum absolute atomic E-state index is 0.163. The summed E-state index contributed by atoms with van der Waals surface area (Å²) in [7, 11) is 0. The molecule has 3 nitrogen and oxygen atoms in total. The third-order valence-corrected chi connectivity index (χ3v) is 3.50. The Morgan fingerprint density at radius 1 is 1.20 bits per heavy atom. The Bertz CT molecular complexity index is 469. The minimum Gasteiger partial charge on any atom is -0.367 e. The van der Waals surface area contributed by atoms with Crippen molar-refractivity contribution in [2.45, 2.75) is 52.0 Å². The summed E-state index contributed by atoms with van der Waals surface area (Å²) in [5.41, 5.74) is 6.87. The zero-order valence-electron chi connectivity index (χ0n) is 12.9. The van der Waals surface area contributed by atoms with Crippen LogP contribution in [-0.2, 0) is 17.8 Å². The highest BCUT2D eigenvalue weighted by Gasteiger charge is 2.38. The summed E-state index contributed by atoms with van der Waals surface area (Å²) < 4.78 is 20.0. The fraction of sp³-hybridized carbons (Fsp3) is 0.625. The molecule has 112 valence electrons. The Morgan fingerprint density at radius 2 is 1.80 bits per heavy atom. The van der Waals surface area contributed by atoms with Crippen molar-refractivity contribution in [3.8, 4) is 0 Å². The topological polar surface area (TPSA) is 38.5 Å². The van der Waals surface area contributed by atoms with Crippen LogP contribution >= 0.6 is 0 Å². The van der Waals surface area contributed by atoms with Crippen LogP contribution in [0.25, 0.3) is 0 Å². The summed E-state index contributed by atoms with van der Waals surface area (Å²) in [5.74, 6) is -0.163. The number of nitrogens with two attached hydrogens (primary N) is 1. The lowest BCUT2D eigenvalue weighted by Gasteiger charge is -2.47. The minimum atomic E-state index is -0.219. The van der Waals surface area contributed by atoms with Gasteiger partial charge in [0.1, 0.15) is 5.82 Å². The molecule has 1 aliphatic heterocycles. The molecule has 0 radical (unpaired) electrons. The molecule has 0 aromatic heterocycles. The van der Waals surface area contributed by atoms with E-state index >= 15 is 0 Å². The molecule has 1 heterocycles. The maximum atomic E-state index is 13.9. The molecule has 0 spiro atoms. The molecule has 0 atom stereocenters. The van der Waals surface area contributed by atoms with E-state index < -0.39 is 0 Å². The largest absolute Gasteiger partial charge is 0.367 e. The SMILES string of the molecule is CC1(C)CN(Cc2cc(CN)ccc2F)CC(C)(C)O1. The Balaban J connectivity index is 2.17. The van der Waals surface area contributed by atoms with E-state index in [0.717, 1.165) is 18.7 Å². The molecule has 0 bridgehead atoms. The van der Waals surface area contributed by atoms with Crippen molar-refractivity contribution < 1.29 is 9.13 Å². The summed E-state index contributed by atoms with van der Waals surface area (Å²) in [6.45, 7) is 10.9. The van der Waals surface area contributed by atoms with E-state index in [1.165, 1.54) is 6.07 Å². The van der Waals surface area contributed by atoms with Crippen LogP contribution < -0.4 is 5.73 Å². The number of morpholine rings is 1. The van der Waals surface area contributed by atoms with Crippen molar-refractivity contribution in [2.75, 3.05) is 13.1 Å². The predicted molar refractivity (Wildman–Crippen MR) is 78.8 cm³/mol. The van der Waals surface area contributed by atoms with Crippen LogP contribution in [-0.4, -0.2) is 29.2 Å². The van der Waals surface area contributed by atoms with Crippen LogP contribution in [0.3, 0.4) is 0 Å². The van der Waals surface area contributed by atoms with Crippen molar-refractivity contribution in [3.63, 3.8) is 0 Å². The zero-order chi connectivity index (χ0) is 15.0. The zero-order valence-corrected chi connectivity index (χ0v) is 12.9. The summed E-state index contributed by atoms with van der Waals surface area (Å²) >= 11 is 0. The highest BCUT2D eigenvalue weighted by molar-refractivity contribution is 5.25.